The van der Waals surface area contributed by atoms with E-state index in [4.69, 9.17) is 4.42 Å². The molecule has 0 aliphatic carbocycles. The van der Waals surface area contributed by atoms with Gasteiger partial charge in [-0.25, -0.2) is 0 Å². The van der Waals surface area contributed by atoms with Gasteiger partial charge in [0.15, 0.2) is 0 Å². The second-order valence-electron chi connectivity index (χ2n) is 4.42. The van der Waals surface area contributed by atoms with Crippen LogP contribution in [0.5, 0.6) is 0 Å². The first-order valence-electron chi connectivity index (χ1n) is 6.18. The van der Waals surface area contributed by atoms with Gasteiger partial charge in [-0.15, -0.1) is 10.2 Å². The van der Waals surface area contributed by atoms with Crippen molar-refractivity contribution in [3.05, 3.63) is 34.6 Å². The molecule has 0 fully saturated rings. The molecule has 7 heteroatoms. The molecule has 1 aromatic heterocycles. The van der Waals surface area contributed by atoms with Gasteiger partial charge in [-0.2, -0.15) is 0 Å². The quantitative estimate of drug-likeness (QED) is 0.859. The van der Waals surface area contributed by atoms with Crippen molar-refractivity contribution in [3.8, 4) is 11.5 Å². The molecule has 0 saturated heterocycles. The molecule has 0 spiro atoms. The largest absolute Gasteiger partial charge is 0.419 e. The Morgan fingerprint density at radius 3 is 2.85 bits per heavy atom. The number of benzene rings is 1. The van der Waals surface area contributed by atoms with Crippen LogP contribution in [0.25, 0.3) is 11.5 Å². The van der Waals surface area contributed by atoms with E-state index < -0.39 is 10.8 Å². The van der Waals surface area contributed by atoms with E-state index in [0.717, 1.165) is 10.0 Å². The predicted molar refractivity (Wildman–Crippen MR) is 82.7 cm³/mol. The first kappa shape index (κ1) is 15.3. The van der Waals surface area contributed by atoms with Crippen LogP contribution in [0.1, 0.15) is 12.8 Å². The van der Waals surface area contributed by atoms with E-state index in [9.17, 15) is 4.21 Å². The van der Waals surface area contributed by atoms with E-state index in [1.807, 2.05) is 31.2 Å². The smallest absolute Gasteiger partial charge is 0.248 e. The summed E-state index contributed by atoms with van der Waals surface area (Å²) in [5.74, 6) is 1.01. The molecule has 2 unspecified atom stereocenters. The van der Waals surface area contributed by atoms with Crippen LogP contribution < -0.4 is 5.32 Å². The van der Waals surface area contributed by atoms with Crippen LogP contribution in [-0.2, 0) is 17.3 Å². The first-order valence-corrected chi connectivity index (χ1v) is 8.59. The Bertz CT molecular complexity index is 603. The SMILES string of the molecule is CC(CNCc1nnc(-c2ccccc2Br)o1)S(C)=O. The van der Waals surface area contributed by atoms with Crippen LogP contribution in [-0.4, -0.2) is 32.5 Å². The Balaban J connectivity index is 1.96. The topological polar surface area (TPSA) is 68.0 Å². The molecule has 0 radical (unpaired) electrons. The van der Waals surface area contributed by atoms with E-state index in [0.29, 0.717) is 24.9 Å². The van der Waals surface area contributed by atoms with Crippen molar-refractivity contribution in [2.75, 3.05) is 12.8 Å². The average molecular weight is 358 g/mol. The summed E-state index contributed by atoms with van der Waals surface area (Å²) in [4.78, 5) is 0. The summed E-state index contributed by atoms with van der Waals surface area (Å²) in [6, 6.07) is 7.69. The highest BCUT2D eigenvalue weighted by molar-refractivity contribution is 9.10. The Kier molecular flexibility index (Phi) is 5.45. The minimum Gasteiger partial charge on any atom is -0.419 e. The summed E-state index contributed by atoms with van der Waals surface area (Å²) in [5.41, 5.74) is 0.870. The zero-order valence-electron chi connectivity index (χ0n) is 11.3. The molecule has 1 aromatic carbocycles. The lowest BCUT2D eigenvalue weighted by molar-refractivity contribution is 0.477. The standard InChI is InChI=1S/C13H16BrN3O2S/c1-9(20(2)18)7-15-8-12-16-17-13(19-12)10-5-3-4-6-11(10)14/h3-6,9,15H,7-8H2,1-2H3. The molecule has 0 bridgehead atoms. The van der Waals surface area contributed by atoms with Gasteiger partial charge in [-0.3, -0.25) is 4.21 Å². The third kappa shape index (κ3) is 3.97. The number of hydrogen-bond acceptors (Lipinski definition) is 5. The molecule has 0 amide bonds. The number of hydrogen-bond donors (Lipinski definition) is 1. The summed E-state index contributed by atoms with van der Waals surface area (Å²) >= 11 is 3.45. The summed E-state index contributed by atoms with van der Waals surface area (Å²) < 4.78 is 17.7. The Morgan fingerprint density at radius 2 is 2.15 bits per heavy atom. The van der Waals surface area contributed by atoms with Crippen LogP contribution in [0.15, 0.2) is 33.2 Å². The normalized spacial score (nSPS) is 14.2. The van der Waals surface area contributed by atoms with Crippen LogP contribution in [0, 0.1) is 0 Å². The second kappa shape index (κ2) is 7.10. The van der Waals surface area contributed by atoms with Gasteiger partial charge in [0.05, 0.1) is 12.1 Å². The molecule has 5 nitrogen and oxygen atoms in total. The van der Waals surface area contributed by atoms with Gasteiger partial charge in [-0.05, 0) is 35.0 Å². The molecule has 2 atom stereocenters. The zero-order valence-corrected chi connectivity index (χ0v) is 13.7. The lowest BCUT2D eigenvalue weighted by atomic mass is 10.2. The molecule has 108 valence electrons. The fraction of sp³-hybridized carbons (Fsp3) is 0.385. The van der Waals surface area contributed by atoms with Crippen molar-refractivity contribution >= 4 is 26.7 Å². The Hall–Kier alpha value is -1.05. The molecule has 2 aromatic rings. The third-order valence-electron chi connectivity index (χ3n) is 2.85. The molecular formula is C13H16BrN3O2S. The van der Waals surface area contributed by atoms with Gasteiger partial charge in [0.2, 0.25) is 11.8 Å². The first-order chi connectivity index (χ1) is 9.58. The summed E-state index contributed by atoms with van der Waals surface area (Å²) in [6.07, 6.45) is 1.70. The molecule has 0 aliphatic rings. The van der Waals surface area contributed by atoms with E-state index in [2.05, 4.69) is 31.4 Å². The zero-order chi connectivity index (χ0) is 14.5. The lowest BCUT2D eigenvalue weighted by Crippen LogP contribution is -2.27. The van der Waals surface area contributed by atoms with Crippen molar-refractivity contribution in [1.82, 2.24) is 15.5 Å². The van der Waals surface area contributed by atoms with Gasteiger partial charge >= 0.3 is 0 Å². The summed E-state index contributed by atoms with van der Waals surface area (Å²) in [6.45, 7) is 3.05. The highest BCUT2D eigenvalue weighted by Crippen LogP contribution is 2.26. The van der Waals surface area contributed by atoms with E-state index in [1.54, 1.807) is 6.26 Å². The fourth-order valence-corrected chi connectivity index (χ4v) is 2.38. The predicted octanol–water partition coefficient (Wildman–Crippen LogP) is 2.36. The number of halogens is 1. The number of nitrogens with one attached hydrogen (secondary N) is 1. The molecular weight excluding hydrogens is 342 g/mol. The molecule has 1 heterocycles. The van der Waals surface area contributed by atoms with Crippen LogP contribution in [0.3, 0.4) is 0 Å². The van der Waals surface area contributed by atoms with Gasteiger partial charge in [-0.1, -0.05) is 12.1 Å². The minimum atomic E-state index is -0.831. The van der Waals surface area contributed by atoms with Crippen molar-refractivity contribution in [1.29, 1.82) is 0 Å². The maximum absolute atomic E-state index is 11.2. The molecule has 1 N–H and O–H groups in total. The maximum Gasteiger partial charge on any atom is 0.248 e. The number of aromatic nitrogens is 2. The monoisotopic (exact) mass is 357 g/mol. The van der Waals surface area contributed by atoms with E-state index in [-0.39, 0.29) is 5.25 Å². The van der Waals surface area contributed by atoms with Gasteiger partial charge in [0.1, 0.15) is 0 Å². The summed E-state index contributed by atoms with van der Waals surface area (Å²) in [5, 5.41) is 11.3. The molecule has 0 aliphatic heterocycles. The van der Waals surface area contributed by atoms with Crippen molar-refractivity contribution < 1.29 is 8.63 Å². The second-order valence-corrected chi connectivity index (χ2v) is 7.08. The Labute approximate surface area is 128 Å². The van der Waals surface area contributed by atoms with Crippen molar-refractivity contribution in [2.24, 2.45) is 0 Å². The molecule has 0 saturated carbocycles. The van der Waals surface area contributed by atoms with Crippen LogP contribution >= 0.6 is 15.9 Å². The highest BCUT2D eigenvalue weighted by atomic mass is 79.9. The van der Waals surface area contributed by atoms with Gasteiger partial charge in [0, 0.05) is 33.3 Å². The van der Waals surface area contributed by atoms with Crippen molar-refractivity contribution in [2.45, 2.75) is 18.7 Å². The minimum absolute atomic E-state index is 0.0978. The number of nitrogens with zero attached hydrogens (tertiary/aromatic N) is 2. The molecule has 20 heavy (non-hydrogen) atoms. The van der Waals surface area contributed by atoms with E-state index in [1.165, 1.54) is 0 Å². The van der Waals surface area contributed by atoms with Crippen LogP contribution in [0.2, 0.25) is 0 Å². The van der Waals surface area contributed by atoms with Gasteiger partial charge < -0.3 is 9.73 Å². The maximum atomic E-state index is 11.2. The van der Waals surface area contributed by atoms with E-state index >= 15 is 0 Å². The fourth-order valence-electron chi connectivity index (χ4n) is 1.57. The molecule has 2 rings (SSSR count). The summed E-state index contributed by atoms with van der Waals surface area (Å²) in [7, 11) is -0.831. The van der Waals surface area contributed by atoms with Gasteiger partial charge in [0.25, 0.3) is 0 Å². The number of rotatable bonds is 6. The highest BCUT2D eigenvalue weighted by Gasteiger charge is 2.11. The van der Waals surface area contributed by atoms with Crippen molar-refractivity contribution in [3.63, 3.8) is 0 Å². The average Bonchev–Trinajstić information content (AvgIpc) is 2.87. The van der Waals surface area contributed by atoms with Crippen LogP contribution in [0.4, 0.5) is 0 Å². The Morgan fingerprint density at radius 1 is 1.40 bits per heavy atom. The third-order valence-corrected chi connectivity index (χ3v) is 4.84. The lowest BCUT2D eigenvalue weighted by Gasteiger charge is -2.07.